The van der Waals surface area contributed by atoms with Gasteiger partial charge in [-0.3, -0.25) is 9.59 Å². The highest BCUT2D eigenvalue weighted by Crippen LogP contribution is 2.20. The molecule has 0 aliphatic rings. The monoisotopic (exact) mass is 229 g/mol. The van der Waals surface area contributed by atoms with Crippen molar-refractivity contribution in [2.24, 2.45) is 11.8 Å². The summed E-state index contributed by atoms with van der Waals surface area (Å²) in [6.07, 6.45) is 0. The lowest BCUT2D eigenvalue weighted by Gasteiger charge is -2.35. The topological polar surface area (TPSA) is 46.6 Å². The molecule has 16 heavy (non-hydrogen) atoms. The number of carbonyl (C=O) groups is 2. The predicted molar refractivity (Wildman–Crippen MR) is 62.9 cm³/mol. The van der Waals surface area contributed by atoms with Crippen molar-refractivity contribution in [2.75, 3.05) is 14.2 Å². The Bertz CT molecular complexity index is 266. The van der Waals surface area contributed by atoms with Gasteiger partial charge in [-0.15, -0.1) is 0 Å². The molecule has 0 heterocycles. The van der Waals surface area contributed by atoms with Gasteiger partial charge in [0.2, 0.25) is 5.91 Å². The molecule has 1 amide bonds. The van der Waals surface area contributed by atoms with Crippen LogP contribution in [0.1, 0.15) is 34.6 Å². The molecule has 94 valence electrons. The van der Waals surface area contributed by atoms with Crippen LogP contribution in [0.5, 0.6) is 0 Å². The molecule has 4 heteroatoms. The Balaban J connectivity index is 4.97. The minimum Gasteiger partial charge on any atom is -0.468 e. The molecule has 0 fully saturated rings. The van der Waals surface area contributed by atoms with Crippen molar-refractivity contribution < 1.29 is 14.3 Å². The molecule has 0 saturated heterocycles. The molecule has 0 saturated carbocycles. The van der Waals surface area contributed by atoms with Crippen molar-refractivity contribution >= 4 is 11.9 Å². The van der Waals surface area contributed by atoms with Crippen LogP contribution in [0.2, 0.25) is 0 Å². The van der Waals surface area contributed by atoms with Crippen LogP contribution in [0.3, 0.4) is 0 Å². The number of methoxy groups -OCH3 is 1. The van der Waals surface area contributed by atoms with Crippen LogP contribution in [0, 0.1) is 11.8 Å². The fourth-order valence-electron chi connectivity index (χ4n) is 1.32. The van der Waals surface area contributed by atoms with Crippen molar-refractivity contribution in [3.05, 3.63) is 0 Å². The van der Waals surface area contributed by atoms with Gasteiger partial charge in [-0.2, -0.15) is 0 Å². The molecule has 1 unspecified atom stereocenters. The van der Waals surface area contributed by atoms with E-state index in [0.717, 1.165) is 0 Å². The van der Waals surface area contributed by atoms with Gasteiger partial charge in [-0.05, 0) is 26.7 Å². The van der Waals surface area contributed by atoms with Gasteiger partial charge in [0.25, 0.3) is 0 Å². The summed E-state index contributed by atoms with van der Waals surface area (Å²) in [5.74, 6) is -1.43. The number of hydrogen-bond donors (Lipinski definition) is 0. The third-order valence-electron chi connectivity index (χ3n) is 2.72. The Kier molecular flexibility index (Phi) is 4.97. The van der Waals surface area contributed by atoms with E-state index in [9.17, 15) is 9.59 Å². The van der Waals surface area contributed by atoms with E-state index in [-0.39, 0.29) is 17.4 Å². The minimum atomic E-state index is -0.714. The Hall–Kier alpha value is -1.06. The smallest absolute Gasteiger partial charge is 0.318 e. The Morgan fingerprint density at radius 3 is 1.88 bits per heavy atom. The van der Waals surface area contributed by atoms with Crippen LogP contribution in [-0.4, -0.2) is 36.5 Å². The molecule has 0 aliphatic heterocycles. The van der Waals surface area contributed by atoms with E-state index in [0.29, 0.717) is 0 Å². The molecule has 4 nitrogen and oxygen atoms in total. The summed E-state index contributed by atoms with van der Waals surface area (Å²) >= 11 is 0. The molecular formula is C12H23NO3. The number of rotatable bonds is 3. The van der Waals surface area contributed by atoms with E-state index in [2.05, 4.69) is 4.74 Å². The van der Waals surface area contributed by atoms with Crippen molar-refractivity contribution in [2.45, 2.75) is 40.2 Å². The van der Waals surface area contributed by atoms with Crippen LogP contribution >= 0.6 is 0 Å². The summed E-state index contributed by atoms with van der Waals surface area (Å²) in [4.78, 5) is 25.3. The fourth-order valence-corrected chi connectivity index (χ4v) is 1.32. The average Bonchev–Trinajstić information content (AvgIpc) is 2.14. The lowest BCUT2D eigenvalue weighted by Crippen LogP contribution is -2.48. The maximum Gasteiger partial charge on any atom is 0.318 e. The maximum absolute atomic E-state index is 12.2. The van der Waals surface area contributed by atoms with Crippen molar-refractivity contribution in [1.82, 2.24) is 4.90 Å². The van der Waals surface area contributed by atoms with Crippen molar-refractivity contribution in [1.29, 1.82) is 0 Å². The second kappa shape index (κ2) is 5.32. The van der Waals surface area contributed by atoms with Crippen LogP contribution < -0.4 is 0 Å². The van der Waals surface area contributed by atoms with Crippen molar-refractivity contribution in [3.63, 3.8) is 0 Å². The van der Waals surface area contributed by atoms with Gasteiger partial charge in [-0.25, -0.2) is 0 Å². The molecule has 0 rings (SSSR count). The van der Waals surface area contributed by atoms with Crippen molar-refractivity contribution in [3.8, 4) is 0 Å². The first kappa shape index (κ1) is 14.9. The molecule has 0 bridgehead atoms. The van der Waals surface area contributed by atoms with Crippen LogP contribution in [0.15, 0.2) is 0 Å². The number of carbonyl (C=O) groups excluding carboxylic acids is 2. The summed E-state index contributed by atoms with van der Waals surface area (Å²) < 4.78 is 4.67. The zero-order valence-corrected chi connectivity index (χ0v) is 11.3. The van der Waals surface area contributed by atoms with E-state index in [1.54, 1.807) is 11.9 Å². The van der Waals surface area contributed by atoms with Crippen LogP contribution in [0.25, 0.3) is 0 Å². The Labute approximate surface area is 98.0 Å². The quantitative estimate of drug-likeness (QED) is 0.546. The molecule has 0 radical (unpaired) electrons. The number of amides is 1. The van der Waals surface area contributed by atoms with Gasteiger partial charge < -0.3 is 9.64 Å². The zero-order chi connectivity index (χ0) is 13.1. The van der Waals surface area contributed by atoms with E-state index in [1.807, 2.05) is 34.6 Å². The van der Waals surface area contributed by atoms with Gasteiger partial charge in [0.1, 0.15) is 5.92 Å². The summed E-state index contributed by atoms with van der Waals surface area (Å²) in [5, 5.41) is 0. The number of nitrogens with zero attached hydrogens (tertiary/aromatic N) is 1. The first-order chi connectivity index (χ1) is 7.12. The van der Waals surface area contributed by atoms with Gasteiger partial charge in [0.15, 0.2) is 0 Å². The highest BCUT2D eigenvalue weighted by atomic mass is 16.5. The van der Waals surface area contributed by atoms with Crippen LogP contribution in [-0.2, 0) is 14.3 Å². The molecule has 0 aliphatic carbocycles. The fraction of sp³-hybridized carbons (Fsp3) is 0.833. The molecule has 0 aromatic rings. The predicted octanol–water partition coefficient (Wildman–Crippen LogP) is 1.69. The van der Waals surface area contributed by atoms with E-state index in [4.69, 9.17) is 0 Å². The summed E-state index contributed by atoms with van der Waals surface area (Å²) in [7, 11) is 3.02. The lowest BCUT2D eigenvalue weighted by molar-refractivity contribution is -0.157. The van der Waals surface area contributed by atoms with Gasteiger partial charge in [0.05, 0.1) is 7.11 Å². The summed E-state index contributed by atoms with van der Waals surface area (Å²) in [6, 6.07) is 0. The highest BCUT2D eigenvalue weighted by molar-refractivity contribution is 5.98. The molecular weight excluding hydrogens is 206 g/mol. The molecule has 0 spiro atoms. The molecule has 0 aromatic carbocycles. The summed E-state index contributed by atoms with van der Waals surface area (Å²) in [5.41, 5.74) is -0.293. The standard InChI is InChI=1S/C12H23NO3/c1-8(2)9(11(15)16-7)10(14)13(6)12(3,4)5/h8-9H,1-7H3. The lowest BCUT2D eigenvalue weighted by atomic mass is 9.92. The van der Waals surface area contributed by atoms with Gasteiger partial charge in [-0.1, -0.05) is 13.8 Å². The first-order valence-corrected chi connectivity index (χ1v) is 5.48. The number of hydrogen-bond acceptors (Lipinski definition) is 3. The highest BCUT2D eigenvalue weighted by Gasteiger charge is 2.36. The Morgan fingerprint density at radius 1 is 1.19 bits per heavy atom. The number of ether oxygens (including phenoxy) is 1. The third kappa shape index (κ3) is 3.51. The molecule has 0 N–H and O–H groups in total. The van der Waals surface area contributed by atoms with Crippen LogP contribution in [0.4, 0.5) is 0 Å². The second-order valence-electron chi connectivity index (χ2n) is 5.31. The normalized spacial score (nSPS) is 13.5. The van der Waals surface area contributed by atoms with Gasteiger partial charge in [0, 0.05) is 12.6 Å². The Morgan fingerprint density at radius 2 is 1.62 bits per heavy atom. The summed E-state index contributed by atoms with van der Waals surface area (Å²) in [6.45, 7) is 9.48. The molecule has 0 aromatic heterocycles. The number of esters is 1. The minimum absolute atomic E-state index is 0.0650. The largest absolute Gasteiger partial charge is 0.468 e. The first-order valence-electron chi connectivity index (χ1n) is 5.48. The van der Waals surface area contributed by atoms with Gasteiger partial charge >= 0.3 is 5.97 Å². The SMILES string of the molecule is COC(=O)C(C(=O)N(C)C(C)(C)C)C(C)C. The second-order valence-corrected chi connectivity index (χ2v) is 5.31. The maximum atomic E-state index is 12.2. The average molecular weight is 229 g/mol. The van der Waals surface area contributed by atoms with E-state index < -0.39 is 11.9 Å². The zero-order valence-electron chi connectivity index (χ0n) is 11.3. The molecule has 1 atom stereocenters. The van der Waals surface area contributed by atoms with E-state index in [1.165, 1.54) is 7.11 Å². The van der Waals surface area contributed by atoms with E-state index >= 15 is 0 Å². The third-order valence-corrected chi connectivity index (χ3v) is 2.72.